The molecule has 1 fully saturated rings. The average Bonchev–Trinajstić information content (AvgIpc) is 3.67. The molecule has 1 saturated heterocycles. The molecule has 1 aliphatic heterocycles. The van der Waals surface area contributed by atoms with E-state index in [9.17, 15) is 15.2 Å². The number of carbonyl (C=O) groups excluding carboxylic acids is 1. The van der Waals surface area contributed by atoms with Gasteiger partial charge in [0.05, 0.1) is 22.9 Å². The molecule has 218 valence electrons. The van der Waals surface area contributed by atoms with Crippen LogP contribution in [-0.4, -0.2) is 63.1 Å². The summed E-state index contributed by atoms with van der Waals surface area (Å²) in [5.41, 5.74) is 5.36. The number of aromatic nitrogens is 3. The number of nitrogens with one attached hydrogen (secondary N) is 1. The highest BCUT2D eigenvalue weighted by atomic mass is 16.6. The molecule has 0 spiro atoms. The summed E-state index contributed by atoms with van der Waals surface area (Å²) in [7, 11) is 0. The van der Waals surface area contributed by atoms with Crippen molar-refractivity contribution in [1.82, 2.24) is 20.1 Å². The number of hydrogen-bond acceptors (Lipinski definition) is 8. The largest absolute Gasteiger partial charge is 0.508 e. The quantitative estimate of drug-likeness (QED) is 0.248. The van der Waals surface area contributed by atoms with Crippen LogP contribution in [0.4, 0.5) is 10.5 Å². The molecule has 0 bridgehead atoms. The Hall–Kier alpha value is -5.30. The Balaban J connectivity index is 1.39. The SMILES string of the molecule is Cc1cc(-c2nc3[nH]nc(-c4ccco4)c3c(-c3ccc(N4CCN(C(=O)OC(C)(C)C)CC4)cc3)c2C#N)ccc1O. The Morgan fingerprint density at radius 1 is 1.05 bits per heavy atom. The number of hydrogen-bond donors (Lipinski definition) is 2. The Bertz CT molecular complexity index is 1840. The highest BCUT2D eigenvalue weighted by molar-refractivity contribution is 6.06. The van der Waals surface area contributed by atoms with Crippen molar-refractivity contribution in [3.63, 3.8) is 0 Å². The molecule has 10 heteroatoms. The minimum Gasteiger partial charge on any atom is -0.508 e. The van der Waals surface area contributed by atoms with Crippen LogP contribution >= 0.6 is 0 Å². The monoisotopic (exact) mass is 576 g/mol. The van der Waals surface area contributed by atoms with Gasteiger partial charge in [0.2, 0.25) is 0 Å². The second-order valence-corrected chi connectivity index (χ2v) is 11.6. The van der Waals surface area contributed by atoms with E-state index in [4.69, 9.17) is 14.1 Å². The number of rotatable bonds is 4. The molecule has 0 atom stereocenters. The maximum atomic E-state index is 12.5. The molecule has 1 amide bonds. The van der Waals surface area contributed by atoms with Crippen LogP contribution in [-0.2, 0) is 4.74 Å². The number of nitrogens with zero attached hydrogens (tertiary/aromatic N) is 5. The number of ether oxygens (including phenoxy) is 1. The topological polar surface area (TPSA) is 132 Å². The van der Waals surface area contributed by atoms with Crippen molar-refractivity contribution in [1.29, 1.82) is 5.26 Å². The van der Waals surface area contributed by atoms with Crippen LogP contribution in [0.1, 0.15) is 31.9 Å². The molecule has 10 nitrogen and oxygen atoms in total. The zero-order valence-corrected chi connectivity index (χ0v) is 24.5. The van der Waals surface area contributed by atoms with Crippen molar-refractivity contribution in [2.45, 2.75) is 33.3 Å². The molecule has 1 aliphatic rings. The average molecular weight is 577 g/mol. The summed E-state index contributed by atoms with van der Waals surface area (Å²) in [5, 5.41) is 28.9. The Kier molecular flexibility index (Phi) is 7.02. The third-order valence-corrected chi connectivity index (χ3v) is 7.50. The zero-order valence-electron chi connectivity index (χ0n) is 24.5. The number of benzene rings is 2. The standard InChI is InChI=1S/C33H32N6O4/c1-20-18-22(9-12-25(20)40)29-24(19-34)27(28-30(26-6-5-17-42-26)36-37-31(28)35-29)21-7-10-23(11-8-21)38-13-15-39(16-14-38)32(41)43-33(2,3)4/h5-12,17-18,40H,13-16H2,1-4H3,(H,35,36,37). The highest BCUT2D eigenvalue weighted by Crippen LogP contribution is 2.41. The minimum absolute atomic E-state index is 0.174. The van der Waals surface area contributed by atoms with Gasteiger partial charge in [-0.3, -0.25) is 5.10 Å². The molecule has 3 aromatic heterocycles. The first-order valence-electron chi connectivity index (χ1n) is 14.1. The molecule has 2 N–H and O–H groups in total. The fraction of sp³-hybridized carbons (Fsp3) is 0.273. The summed E-state index contributed by atoms with van der Waals surface area (Å²) in [6.45, 7) is 9.90. The highest BCUT2D eigenvalue weighted by Gasteiger charge is 2.27. The Morgan fingerprint density at radius 3 is 2.40 bits per heavy atom. The summed E-state index contributed by atoms with van der Waals surface area (Å²) in [6, 6.07) is 19.2. The fourth-order valence-electron chi connectivity index (χ4n) is 5.38. The summed E-state index contributed by atoms with van der Waals surface area (Å²) in [6.07, 6.45) is 1.29. The summed E-state index contributed by atoms with van der Waals surface area (Å²) in [4.78, 5) is 21.3. The molecule has 4 heterocycles. The smallest absolute Gasteiger partial charge is 0.410 e. The van der Waals surface area contributed by atoms with Crippen molar-refractivity contribution < 1.29 is 19.1 Å². The van der Waals surface area contributed by atoms with Gasteiger partial charge in [-0.2, -0.15) is 10.4 Å². The predicted molar refractivity (Wildman–Crippen MR) is 164 cm³/mol. The summed E-state index contributed by atoms with van der Waals surface area (Å²) in [5.74, 6) is 0.735. The number of carbonyl (C=O) groups is 1. The van der Waals surface area contributed by atoms with Crippen molar-refractivity contribution >= 4 is 22.8 Å². The van der Waals surface area contributed by atoms with Gasteiger partial charge in [-0.15, -0.1) is 0 Å². The van der Waals surface area contributed by atoms with Gasteiger partial charge in [0.1, 0.15) is 23.1 Å². The lowest BCUT2D eigenvalue weighted by Gasteiger charge is -2.36. The van der Waals surface area contributed by atoms with E-state index >= 15 is 0 Å². The maximum absolute atomic E-state index is 12.5. The lowest BCUT2D eigenvalue weighted by atomic mass is 9.92. The number of aromatic amines is 1. The molecule has 2 aromatic carbocycles. The number of H-pyrrole nitrogens is 1. The van der Waals surface area contributed by atoms with Crippen LogP contribution < -0.4 is 4.90 Å². The first-order chi connectivity index (χ1) is 20.6. The third-order valence-electron chi connectivity index (χ3n) is 7.50. The maximum Gasteiger partial charge on any atom is 0.410 e. The van der Waals surface area contributed by atoms with E-state index < -0.39 is 5.60 Å². The lowest BCUT2D eigenvalue weighted by molar-refractivity contribution is 0.0240. The van der Waals surface area contributed by atoms with Crippen LogP contribution in [0.25, 0.3) is 44.9 Å². The molecular weight excluding hydrogens is 544 g/mol. The molecule has 0 saturated carbocycles. The molecule has 5 aromatic rings. The number of phenols is 1. The van der Waals surface area contributed by atoms with E-state index in [1.165, 1.54) is 0 Å². The van der Waals surface area contributed by atoms with Gasteiger partial charge in [-0.25, -0.2) is 9.78 Å². The number of amides is 1. The van der Waals surface area contributed by atoms with Gasteiger partial charge in [0.15, 0.2) is 11.4 Å². The number of fused-ring (bicyclic) bond motifs is 1. The summed E-state index contributed by atoms with van der Waals surface area (Å²) < 4.78 is 11.2. The molecule has 6 rings (SSSR count). The van der Waals surface area contributed by atoms with Gasteiger partial charge in [-0.1, -0.05) is 12.1 Å². The van der Waals surface area contributed by atoms with E-state index in [1.54, 1.807) is 29.4 Å². The first-order valence-corrected chi connectivity index (χ1v) is 14.1. The number of anilines is 1. The van der Waals surface area contributed by atoms with Crippen LogP contribution in [0.2, 0.25) is 0 Å². The van der Waals surface area contributed by atoms with Crippen molar-refractivity contribution in [2.24, 2.45) is 0 Å². The molecular formula is C33H32N6O4. The normalized spacial score (nSPS) is 13.7. The number of nitriles is 1. The van der Waals surface area contributed by atoms with E-state index in [-0.39, 0.29) is 11.8 Å². The van der Waals surface area contributed by atoms with Gasteiger partial charge < -0.3 is 24.1 Å². The van der Waals surface area contributed by atoms with Crippen LogP contribution in [0.5, 0.6) is 5.75 Å². The first kappa shape index (κ1) is 27.8. The van der Waals surface area contributed by atoms with Crippen molar-refractivity contribution in [3.05, 3.63) is 72.0 Å². The van der Waals surface area contributed by atoms with Gasteiger partial charge >= 0.3 is 6.09 Å². The van der Waals surface area contributed by atoms with Crippen LogP contribution in [0.3, 0.4) is 0 Å². The second-order valence-electron chi connectivity index (χ2n) is 11.6. The Labute approximate surface area is 249 Å². The van der Waals surface area contributed by atoms with E-state index in [2.05, 4.69) is 21.2 Å². The molecule has 0 unspecified atom stereocenters. The molecule has 0 aliphatic carbocycles. The second kappa shape index (κ2) is 10.8. The lowest BCUT2D eigenvalue weighted by Crippen LogP contribution is -2.50. The number of furan rings is 1. The van der Waals surface area contributed by atoms with E-state index in [0.29, 0.717) is 76.6 Å². The van der Waals surface area contributed by atoms with Gasteiger partial charge in [0, 0.05) is 43.0 Å². The van der Waals surface area contributed by atoms with Crippen molar-refractivity contribution in [2.75, 3.05) is 31.1 Å². The fourth-order valence-corrected chi connectivity index (χ4v) is 5.38. The Morgan fingerprint density at radius 2 is 1.77 bits per heavy atom. The minimum atomic E-state index is -0.530. The third kappa shape index (κ3) is 5.37. The number of aromatic hydroxyl groups is 1. The van der Waals surface area contributed by atoms with Gasteiger partial charge in [-0.05, 0) is 81.3 Å². The number of piperazine rings is 1. The van der Waals surface area contributed by atoms with E-state index in [0.717, 1.165) is 11.3 Å². The number of aryl methyl sites for hydroxylation is 1. The van der Waals surface area contributed by atoms with Crippen molar-refractivity contribution in [3.8, 4) is 45.7 Å². The van der Waals surface area contributed by atoms with E-state index in [1.807, 2.05) is 64.1 Å². The number of pyridine rings is 1. The van der Waals surface area contributed by atoms with Crippen LogP contribution in [0, 0.1) is 18.3 Å². The molecule has 0 radical (unpaired) electrons. The zero-order chi connectivity index (χ0) is 30.3. The molecule has 43 heavy (non-hydrogen) atoms. The number of phenolic OH excluding ortho intramolecular Hbond substituents is 1. The predicted octanol–water partition coefficient (Wildman–Crippen LogP) is 6.49. The van der Waals surface area contributed by atoms with Crippen LogP contribution in [0.15, 0.2) is 65.3 Å². The summed E-state index contributed by atoms with van der Waals surface area (Å²) >= 11 is 0. The van der Waals surface area contributed by atoms with Gasteiger partial charge in [0.25, 0.3) is 0 Å².